The van der Waals surface area contributed by atoms with E-state index >= 15 is 0 Å². The lowest BCUT2D eigenvalue weighted by atomic mass is 9.99. The van der Waals surface area contributed by atoms with Crippen LogP contribution in [0.2, 0.25) is 0 Å². The predicted molar refractivity (Wildman–Crippen MR) is 258 cm³/mol. The summed E-state index contributed by atoms with van der Waals surface area (Å²) in [7, 11) is 0. The normalized spacial score (nSPS) is 20.5. The van der Waals surface area contributed by atoms with Crippen molar-refractivity contribution in [3.63, 3.8) is 0 Å². The first-order chi connectivity index (χ1) is 30.3. The second-order valence-electron chi connectivity index (χ2n) is 18.3. The minimum absolute atomic E-state index is 0.180. The van der Waals surface area contributed by atoms with Crippen LogP contribution in [0.4, 0.5) is 0 Å². The van der Waals surface area contributed by atoms with Crippen LogP contribution in [0.5, 0.6) is 0 Å². The van der Waals surface area contributed by atoms with Crippen LogP contribution in [0.15, 0.2) is 36.5 Å². The number of hydrogen-bond acceptors (Lipinski definition) is 8. The average molecular weight is 878 g/mol. The van der Waals surface area contributed by atoms with Gasteiger partial charge in [-0.1, -0.05) is 217 Å². The number of allylic oxidation sites excluding steroid dienone is 5. The minimum atomic E-state index is -1.57. The molecule has 1 heterocycles. The quantitative estimate of drug-likeness (QED) is 0.0262. The van der Waals surface area contributed by atoms with Gasteiger partial charge in [-0.2, -0.15) is 0 Å². The summed E-state index contributed by atoms with van der Waals surface area (Å²) in [5.41, 5.74) is 0. The summed E-state index contributed by atoms with van der Waals surface area (Å²) in [5, 5.41) is 54.4. The Labute approximate surface area is 381 Å². The minimum Gasteiger partial charge on any atom is -0.394 e. The molecule has 1 fully saturated rings. The zero-order chi connectivity index (χ0) is 45.1. The summed E-state index contributed by atoms with van der Waals surface area (Å²) >= 11 is 0. The first-order valence-corrected chi connectivity index (χ1v) is 26.2. The molecule has 9 heteroatoms. The standard InChI is InChI=1S/C53H99NO8/c1-3-5-7-9-11-13-15-17-19-21-23-25-26-28-30-32-34-36-38-40-42-47(56)46(45-61-53-52(60)51(59)50(58)48(44-55)62-53)54-49(57)43-41-39-37-35-33-31-29-27-24-22-20-18-16-14-12-10-8-6-4-2/h12,14,18,20,40,42,46-48,50-53,55-56,58-60H,3-11,13,15-17,19,21-39,41,43-45H2,1-2H3,(H,54,57)/b14-12-,20-18-,42-40+. The van der Waals surface area contributed by atoms with Crippen LogP contribution < -0.4 is 5.32 Å². The Morgan fingerprint density at radius 3 is 1.42 bits per heavy atom. The molecule has 7 atom stereocenters. The Morgan fingerprint density at radius 2 is 0.952 bits per heavy atom. The molecule has 0 aromatic heterocycles. The fraction of sp³-hybridized carbons (Fsp3) is 0.868. The molecule has 1 amide bonds. The number of carbonyl (C=O) groups excluding carboxylic acids is 1. The van der Waals surface area contributed by atoms with Crippen LogP contribution in [-0.4, -0.2) is 87.5 Å². The second kappa shape index (κ2) is 43.3. The van der Waals surface area contributed by atoms with Gasteiger partial charge in [0.05, 0.1) is 25.4 Å². The van der Waals surface area contributed by atoms with Crippen LogP contribution in [0.1, 0.15) is 239 Å². The molecule has 1 saturated heterocycles. The Morgan fingerprint density at radius 1 is 0.548 bits per heavy atom. The number of nitrogens with one attached hydrogen (secondary N) is 1. The highest BCUT2D eigenvalue weighted by Gasteiger charge is 2.44. The van der Waals surface area contributed by atoms with Gasteiger partial charge < -0.3 is 40.3 Å². The fourth-order valence-electron chi connectivity index (χ4n) is 8.25. The van der Waals surface area contributed by atoms with Crippen molar-refractivity contribution < 1.29 is 39.8 Å². The molecule has 0 aliphatic carbocycles. The molecule has 1 aliphatic heterocycles. The average Bonchev–Trinajstić information content (AvgIpc) is 3.27. The fourth-order valence-corrected chi connectivity index (χ4v) is 8.25. The van der Waals surface area contributed by atoms with Gasteiger partial charge in [0.1, 0.15) is 24.4 Å². The van der Waals surface area contributed by atoms with Gasteiger partial charge >= 0.3 is 0 Å². The summed E-state index contributed by atoms with van der Waals surface area (Å²) in [6.45, 7) is 3.77. The Kier molecular flexibility index (Phi) is 40.8. The molecule has 0 saturated carbocycles. The number of rotatable bonds is 44. The van der Waals surface area contributed by atoms with Gasteiger partial charge in [-0.05, 0) is 51.4 Å². The second-order valence-corrected chi connectivity index (χ2v) is 18.3. The molecule has 0 radical (unpaired) electrons. The highest BCUT2D eigenvalue weighted by molar-refractivity contribution is 5.76. The summed E-state index contributed by atoms with van der Waals surface area (Å²) < 4.78 is 11.2. The van der Waals surface area contributed by atoms with E-state index in [1.807, 2.05) is 6.08 Å². The van der Waals surface area contributed by atoms with Crippen LogP contribution in [0.3, 0.4) is 0 Å². The number of ether oxygens (including phenoxy) is 2. The third-order valence-electron chi connectivity index (χ3n) is 12.5. The lowest BCUT2D eigenvalue weighted by Gasteiger charge is -2.40. The molecular formula is C53H99NO8. The van der Waals surface area contributed by atoms with Gasteiger partial charge in [-0.15, -0.1) is 0 Å². The summed E-state index contributed by atoms with van der Waals surface area (Å²) in [5.74, 6) is -0.180. The highest BCUT2D eigenvalue weighted by Crippen LogP contribution is 2.23. The van der Waals surface area contributed by atoms with Gasteiger partial charge in [-0.25, -0.2) is 0 Å². The van der Waals surface area contributed by atoms with Crippen LogP contribution in [0, 0.1) is 0 Å². The highest BCUT2D eigenvalue weighted by atomic mass is 16.7. The maximum absolute atomic E-state index is 13.0. The molecule has 1 aliphatic rings. The first-order valence-electron chi connectivity index (χ1n) is 26.2. The van der Waals surface area contributed by atoms with Crippen molar-refractivity contribution in [3.05, 3.63) is 36.5 Å². The van der Waals surface area contributed by atoms with Gasteiger partial charge in [-0.3, -0.25) is 4.79 Å². The summed E-state index contributed by atoms with van der Waals surface area (Å²) in [6.07, 6.45) is 47.6. The van der Waals surface area contributed by atoms with Crippen molar-refractivity contribution in [1.29, 1.82) is 0 Å². The number of hydrogen-bond donors (Lipinski definition) is 6. The maximum Gasteiger partial charge on any atom is 0.220 e. The number of unbranched alkanes of at least 4 members (excludes halogenated alkanes) is 30. The van der Waals surface area contributed by atoms with E-state index in [-0.39, 0.29) is 12.5 Å². The third-order valence-corrected chi connectivity index (χ3v) is 12.5. The van der Waals surface area contributed by atoms with E-state index in [1.165, 1.54) is 173 Å². The molecule has 364 valence electrons. The smallest absolute Gasteiger partial charge is 0.220 e. The van der Waals surface area contributed by atoms with E-state index in [2.05, 4.69) is 43.5 Å². The van der Waals surface area contributed by atoms with Crippen LogP contribution >= 0.6 is 0 Å². The largest absolute Gasteiger partial charge is 0.394 e. The molecule has 0 spiro atoms. The van der Waals surface area contributed by atoms with E-state index < -0.39 is 49.5 Å². The van der Waals surface area contributed by atoms with Gasteiger partial charge in [0.15, 0.2) is 6.29 Å². The van der Waals surface area contributed by atoms with E-state index in [0.29, 0.717) is 6.42 Å². The summed E-state index contributed by atoms with van der Waals surface area (Å²) in [4.78, 5) is 13.0. The van der Waals surface area contributed by atoms with Gasteiger partial charge in [0.25, 0.3) is 0 Å². The van der Waals surface area contributed by atoms with E-state index in [1.54, 1.807) is 6.08 Å². The molecule has 62 heavy (non-hydrogen) atoms. The Bertz CT molecular complexity index is 1070. The van der Waals surface area contributed by atoms with Gasteiger partial charge in [0.2, 0.25) is 5.91 Å². The van der Waals surface area contributed by atoms with Crippen molar-refractivity contribution in [3.8, 4) is 0 Å². The molecule has 0 aromatic rings. The number of amides is 1. The number of carbonyl (C=O) groups is 1. The van der Waals surface area contributed by atoms with Crippen molar-refractivity contribution in [2.45, 2.75) is 281 Å². The van der Waals surface area contributed by atoms with Crippen molar-refractivity contribution in [1.82, 2.24) is 5.32 Å². The van der Waals surface area contributed by atoms with Crippen molar-refractivity contribution in [2.24, 2.45) is 0 Å². The number of aliphatic hydroxyl groups is 5. The Hall–Kier alpha value is -1.59. The van der Waals surface area contributed by atoms with E-state index in [9.17, 15) is 30.3 Å². The molecule has 0 bridgehead atoms. The van der Waals surface area contributed by atoms with Crippen LogP contribution in [-0.2, 0) is 14.3 Å². The zero-order valence-corrected chi connectivity index (χ0v) is 40.1. The molecular weight excluding hydrogens is 779 g/mol. The van der Waals surface area contributed by atoms with Crippen molar-refractivity contribution >= 4 is 5.91 Å². The topological polar surface area (TPSA) is 149 Å². The molecule has 6 N–H and O–H groups in total. The third kappa shape index (κ3) is 33.0. The van der Waals surface area contributed by atoms with E-state index in [0.717, 1.165) is 44.9 Å². The lowest BCUT2D eigenvalue weighted by molar-refractivity contribution is -0.302. The zero-order valence-electron chi connectivity index (χ0n) is 40.1. The Balaban J connectivity index is 2.29. The molecule has 7 unspecified atom stereocenters. The lowest BCUT2D eigenvalue weighted by Crippen LogP contribution is -2.60. The molecule has 1 rings (SSSR count). The molecule has 9 nitrogen and oxygen atoms in total. The molecule has 0 aromatic carbocycles. The van der Waals surface area contributed by atoms with Crippen molar-refractivity contribution in [2.75, 3.05) is 13.2 Å². The summed E-state index contributed by atoms with van der Waals surface area (Å²) in [6, 6.07) is -0.806. The first kappa shape index (κ1) is 58.4. The van der Waals surface area contributed by atoms with Crippen LogP contribution in [0.25, 0.3) is 0 Å². The number of aliphatic hydroxyl groups excluding tert-OH is 5. The predicted octanol–water partition coefficient (Wildman–Crippen LogP) is 12.0. The van der Waals surface area contributed by atoms with Gasteiger partial charge in [0, 0.05) is 6.42 Å². The SMILES string of the molecule is CCCCC/C=C\C/C=C\CCCCCCCCCCCC(=O)NC(COC1OC(CO)C(O)C(O)C1O)C(O)/C=C/CCCCCCCCCCCCCCCCCCCC. The van der Waals surface area contributed by atoms with E-state index in [4.69, 9.17) is 9.47 Å². The maximum atomic E-state index is 13.0. The monoisotopic (exact) mass is 878 g/mol.